The molecule has 1 aromatic carbocycles. The summed E-state index contributed by atoms with van der Waals surface area (Å²) in [5, 5.41) is 2.21. The van der Waals surface area contributed by atoms with E-state index < -0.39 is 5.38 Å². The van der Waals surface area contributed by atoms with Crippen LogP contribution in [-0.2, 0) is 4.79 Å². The van der Waals surface area contributed by atoms with Crippen LogP contribution in [0.4, 0.5) is 5.69 Å². The minimum Gasteiger partial charge on any atom is -0.325 e. The minimum absolute atomic E-state index is 0.174. The Kier molecular flexibility index (Phi) is 3.32. The number of nitrogens with one attached hydrogen (secondary N) is 1. The molecule has 3 heteroatoms. The molecule has 0 saturated carbocycles. The Balaban J connectivity index is 2.69. The van der Waals surface area contributed by atoms with Gasteiger partial charge in [-0.25, -0.2) is 0 Å². The molecule has 0 aliphatic rings. The smallest absolute Gasteiger partial charge is 0.242 e. The quantitative estimate of drug-likeness (QED) is 0.726. The molecule has 0 fully saturated rings. The van der Waals surface area contributed by atoms with Gasteiger partial charge in [0.1, 0.15) is 5.38 Å². The van der Waals surface area contributed by atoms with Gasteiger partial charge in [0.05, 0.1) is 0 Å². The summed E-state index contributed by atoms with van der Waals surface area (Å²) in [6.45, 7) is 3.62. The predicted octanol–water partition coefficient (Wildman–Crippen LogP) is 2.56. The average molecular weight is 198 g/mol. The molecule has 0 aromatic heterocycles. The monoisotopic (exact) mass is 197 g/mol. The normalized spacial score (nSPS) is 12.2. The molecule has 1 unspecified atom stereocenters. The molecule has 0 radical (unpaired) electrons. The van der Waals surface area contributed by atoms with Crippen LogP contribution in [-0.4, -0.2) is 11.3 Å². The Bertz CT molecular complexity index is 310. The van der Waals surface area contributed by atoms with Gasteiger partial charge in [-0.15, -0.1) is 11.6 Å². The van der Waals surface area contributed by atoms with Crippen molar-refractivity contribution in [1.82, 2.24) is 0 Å². The van der Waals surface area contributed by atoms with Crippen LogP contribution in [0.1, 0.15) is 12.5 Å². The first-order chi connectivity index (χ1) is 6.09. The van der Waals surface area contributed by atoms with Crippen LogP contribution >= 0.6 is 11.6 Å². The maximum atomic E-state index is 11.2. The van der Waals surface area contributed by atoms with Gasteiger partial charge in [0, 0.05) is 5.69 Å². The number of benzene rings is 1. The maximum Gasteiger partial charge on any atom is 0.242 e. The van der Waals surface area contributed by atoms with E-state index in [1.165, 1.54) is 0 Å². The highest BCUT2D eigenvalue weighted by molar-refractivity contribution is 6.32. The lowest BCUT2D eigenvalue weighted by atomic mass is 10.2. The lowest BCUT2D eigenvalue weighted by Crippen LogP contribution is -2.20. The van der Waals surface area contributed by atoms with Gasteiger partial charge in [0.15, 0.2) is 0 Å². The van der Waals surface area contributed by atoms with Crippen LogP contribution < -0.4 is 5.32 Å². The van der Waals surface area contributed by atoms with Crippen molar-refractivity contribution in [2.24, 2.45) is 0 Å². The molecule has 0 aliphatic carbocycles. The van der Waals surface area contributed by atoms with Gasteiger partial charge in [0.2, 0.25) is 5.91 Å². The molecule has 1 amide bonds. The number of anilines is 1. The lowest BCUT2D eigenvalue weighted by molar-refractivity contribution is -0.115. The topological polar surface area (TPSA) is 29.1 Å². The lowest BCUT2D eigenvalue weighted by Gasteiger charge is -2.06. The Morgan fingerprint density at radius 3 is 2.77 bits per heavy atom. The van der Waals surface area contributed by atoms with E-state index in [0.717, 1.165) is 11.3 Å². The second-order valence-corrected chi connectivity index (χ2v) is 3.63. The third kappa shape index (κ3) is 3.07. The Hall–Kier alpha value is -1.02. The Labute approximate surface area is 82.9 Å². The molecular weight excluding hydrogens is 186 g/mol. The van der Waals surface area contributed by atoms with Crippen molar-refractivity contribution in [2.75, 3.05) is 5.32 Å². The number of halogens is 1. The maximum absolute atomic E-state index is 11.2. The molecule has 0 heterocycles. The molecule has 0 bridgehead atoms. The van der Waals surface area contributed by atoms with Crippen molar-refractivity contribution in [3.63, 3.8) is 0 Å². The molecule has 13 heavy (non-hydrogen) atoms. The van der Waals surface area contributed by atoms with Crippen LogP contribution in [0.3, 0.4) is 0 Å². The van der Waals surface area contributed by atoms with Crippen molar-refractivity contribution in [2.45, 2.75) is 19.2 Å². The van der Waals surface area contributed by atoms with Gasteiger partial charge in [0.25, 0.3) is 0 Å². The van der Waals surface area contributed by atoms with Crippen LogP contribution in [0.15, 0.2) is 24.3 Å². The van der Waals surface area contributed by atoms with E-state index >= 15 is 0 Å². The molecule has 1 atom stereocenters. The van der Waals surface area contributed by atoms with E-state index in [2.05, 4.69) is 5.32 Å². The number of hydrogen-bond acceptors (Lipinski definition) is 1. The molecule has 2 nitrogen and oxygen atoms in total. The van der Waals surface area contributed by atoms with E-state index in [0.29, 0.717) is 0 Å². The number of hydrogen-bond donors (Lipinski definition) is 1. The van der Waals surface area contributed by atoms with Crippen LogP contribution in [0, 0.1) is 6.92 Å². The highest BCUT2D eigenvalue weighted by Crippen LogP contribution is 2.10. The summed E-state index contributed by atoms with van der Waals surface area (Å²) < 4.78 is 0. The highest BCUT2D eigenvalue weighted by Gasteiger charge is 2.08. The average Bonchev–Trinajstić information content (AvgIpc) is 2.04. The molecule has 1 N–H and O–H groups in total. The summed E-state index contributed by atoms with van der Waals surface area (Å²) in [5.41, 5.74) is 1.90. The van der Waals surface area contributed by atoms with Gasteiger partial charge >= 0.3 is 0 Å². The summed E-state index contributed by atoms with van der Waals surface area (Å²) >= 11 is 5.61. The van der Waals surface area contributed by atoms with E-state index in [9.17, 15) is 4.79 Å². The summed E-state index contributed by atoms with van der Waals surface area (Å²) in [6.07, 6.45) is 0. The molecule has 0 saturated heterocycles. The van der Waals surface area contributed by atoms with Crippen molar-refractivity contribution in [3.05, 3.63) is 29.8 Å². The Morgan fingerprint density at radius 1 is 1.54 bits per heavy atom. The SMILES string of the molecule is Cc1cccc(NC(=O)C(C)Cl)c1. The van der Waals surface area contributed by atoms with Gasteiger partial charge in [-0.05, 0) is 31.5 Å². The summed E-state index contributed by atoms with van der Waals surface area (Å²) in [4.78, 5) is 11.2. The first-order valence-corrected chi connectivity index (χ1v) is 4.55. The third-order valence-corrected chi connectivity index (χ3v) is 1.85. The molecule has 70 valence electrons. The van der Waals surface area contributed by atoms with E-state index in [4.69, 9.17) is 11.6 Å². The summed E-state index contributed by atoms with van der Waals surface area (Å²) in [7, 11) is 0. The fraction of sp³-hybridized carbons (Fsp3) is 0.300. The van der Waals surface area contributed by atoms with Crippen LogP contribution in [0.2, 0.25) is 0 Å². The van der Waals surface area contributed by atoms with Crippen molar-refractivity contribution in [3.8, 4) is 0 Å². The third-order valence-electron chi connectivity index (χ3n) is 1.65. The fourth-order valence-electron chi connectivity index (χ4n) is 0.965. The van der Waals surface area contributed by atoms with Gasteiger partial charge in [-0.3, -0.25) is 4.79 Å². The van der Waals surface area contributed by atoms with Crippen molar-refractivity contribution < 1.29 is 4.79 Å². The zero-order chi connectivity index (χ0) is 9.84. The van der Waals surface area contributed by atoms with Gasteiger partial charge < -0.3 is 5.32 Å². The molecule has 0 aliphatic heterocycles. The number of aryl methyl sites for hydroxylation is 1. The first kappa shape index (κ1) is 10.1. The van der Waals surface area contributed by atoms with Crippen LogP contribution in [0.25, 0.3) is 0 Å². The van der Waals surface area contributed by atoms with Gasteiger partial charge in [-0.2, -0.15) is 0 Å². The van der Waals surface area contributed by atoms with Gasteiger partial charge in [-0.1, -0.05) is 12.1 Å². The zero-order valence-electron chi connectivity index (χ0n) is 7.67. The number of rotatable bonds is 2. The van der Waals surface area contributed by atoms with Crippen molar-refractivity contribution >= 4 is 23.2 Å². The molecule has 0 spiro atoms. The summed E-state index contributed by atoms with van der Waals surface area (Å²) in [6, 6.07) is 7.60. The standard InChI is InChI=1S/C10H12ClNO/c1-7-4-3-5-9(6-7)12-10(13)8(2)11/h3-6,8H,1-2H3,(H,12,13). The predicted molar refractivity (Wildman–Crippen MR) is 55.1 cm³/mol. The Morgan fingerprint density at radius 2 is 2.23 bits per heavy atom. The number of carbonyl (C=O) groups excluding carboxylic acids is 1. The van der Waals surface area contributed by atoms with Crippen LogP contribution in [0.5, 0.6) is 0 Å². The largest absolute Gasteiger partial charge is 0.325 e. The van der Waals surface area contributed by atoms with E-state index in [1.54, 1.807) is 6.92 Å². The van der Waals surface area contributed by atoms with E-state index in [1.807, 2.05) is 31.2 Å². The summed E-state index contributed by atoms with van der Waals surface area (Å²) in [5.74, 6) is -0.174. The van der Waals surface area contributed by atoms with Crippen molar-refractivity contribution in [1.29, 1.82) is 0 Å². The highest BCUT2D eigenvalue weighted by atomic mass is 35.5. The number of carbonyl (C=O) groups is 1. The van der Waals surface area contributed by atoms with E-state index in [-0.39, 0.29) is 5.91 Å². The number of amides is 1. The first-order valence-electron chi connectivity index (χ1n) is 4.11. The second-order valence-electron chi connectivity index (χ2n) is 2.97. The molecule has 1 rings (SSSR count). The zero-order valence-corrected chi connectivity index (χ0v) is 8.43. The molecule has 1 aromatic rings. The second kappa shape index (κ2) is 4.28. The number of alkyl halides is 1. The fourth-order valence-corrected chi connectivity index (χ4v) is 1.02. The molecular formula is C10H12ClNO. The minimum atomic E-state index is -0.500.